The molecule has 15 N–H and O–H groups in total. The molecule has 0 saturated carbocycles. The van der Waals surface area contributed by atoms with E-state index in [9.17, 15) is 33.6 Å². The van der Waals surface area contributed by atoms with Crippen molar-refractivity contribution in [2.45, 2.75) is 133 Å². The van der Waals surface area contributed by atoms with E-state index in [-0.39, 0.29) is 89.5 Å². The first-order valence-corrected chi connectivity index (χ1v) is 44.4. The first-order chi connectivity index (χ1) is 62.3. The van der Waals surface area contributed by atoms with Gasteiger partial charge < -0.3 is 84.3 Å². The van der Waals surface area contributed by atoms with Gasteiger partial charge in [0.15, 0.2) is 11.9 Å². The second-order valence-corrected chi connectivity index (χ2v) is 32.6. The molecule has 25 nitrogen and oxygen atoms in total. The number of hydrogen-bond donors (Lipinski definition) is 11. The van der Waals surface area contributed by atoms with Gasteiger partial charge in [-0.25, -0.2) is 0 Å². The monoisotopic (exact) mass is 1730 g/mol. The summed E-state index contributed by atoms with van der Waals surface area (Å²) in [7, 11) is 0. The summed E-state index contributed by atoms with van der Waals surface area (Å²) in [5.41, 5.74) is 30.8. The fourth-order valence-corrected chi connectivity index (χ4v) is 16.1. The molecule has 3 saturated heterocycles. The van der Waals surface area contributed by atoms with Crippen molar-refractivity contribution in [3.05, 3.63) is 330 Å². The van der Waals surface area contributed by atoms with E-state index in [1.165, 1.54) is 23.6 Å². The van der Waals surface area contributed by atoms with Gasteiger partial charge >= 0.3 is 0 Å². The molecular formula is C103H124N16O9. The van der Waals surface area contributed by atoms with Crippen molar-refractivity contribution in [2.75, 3.05) is 85.1 Å². The van der Waals surface area contributed by atoms with Crippen LogP contribution in [0.2, 0.25) is 0 Å². The second-order valence-electron chi connectivity index (χ2n) is 32.6. The lowest BCUT2D eigenvalue weighted by atomic mass is 9.90. The number of nitrogens with two attached hydrogens (primary N) is 4. The van der Waals surface area contributed by atoms with Gasteiger partial charge in [-0.3, -0.25) is 43.5 Å². The third-order valence-corrected chi connectivity index (χ3v) is 23.0. The topological polar surface area (TPSA) is 361 Å². The molecule has 3 heterocycles. The van der Waals surface area contributed by atoms with Crippen LogP contribution < -0.4 is 60.2 Å². The number of carbonyl (C=O) groups is 7. The quantitative estimate of drug-likeness (QED) is 0.00563. The third kappa shape index (κ3) is 30.9. The van der Waals surface area contributed by atoms with Crippen LogP contribution in [0, 0.1) is 6.92 Å². The van der Waals surface area contributed by atoms with Crippen LogP contribution in [-0.4, -0.2) is 189 Å². The van der Waals surface area contributed by atoms with Gasteiger partial charge in [0, 0.05) is 114 Å². The van der Waals surface area contributed by atoms with Gasteiger partial charge in [0.2, 0.25) is 29.5 Å². The molecule has 8 atom stereocenters. The molecule has 0 radical (unpaired) electrons. The van der Waals surface area contributed by atoms with Crippen molar-refractivity contribution in [3.63, 3.8) is 0 Å². The van der Waals surface area contributed by atoms with Crippen LogP contribution in [-0.2, 0) is 40.1 Å². The van der Waals surface area contributed by atoms with E-state index < -0.39 is 18.1 Å². The van der Waals surface area contributed by atoms with Crippen LogP contribution in [0.15, 0.2) is 290 Å². The summed E-state index contributed by atoms with van der Waals surface area (Å²) in [6.45, 7) is 13.8. The summed E-state index contributed by atoms with van der Waals surface area (Å²) in [6, 6.07) is 84.3. The normalized spacial score (nSPS) is 17.6. The largest absolute Gasteiger partial charge is 0.370 e. The molecule has 2 unspecified atom stereocenters. The highest BCUT2D eigenvalue weighted by Crippen LogP contribution is 2.30. The van der Waals surface area contributed by atoms with Crippen LogP contribution in [0.5, 0.6) is 0 Å². The molecule has 0 aromatic heterocycles. The minimum Gasteiger partial charge on any atom is -0.370 e. The van der Waals surface area contributed by atoms with Gasteiger partial charge in [-0.05, 0) is 150 Å². The highest BCUT2D eigenvalue weighted by molar-refractivity contribution is 6.00. The van der Waals surface area contributed by atoms with Crippen LogP contribution in [0.25, 0.3) is 27.6 Å². The van der Waals surface area contributed by atoms with Crippen LogP contribution >= 0.6 is 0 Å². The highest BCUT2D eigenvalue weighted by Gasteiger charge is 2.37. The summed E-state index contributed by atoms with van der Waals surface area (Å²) in [4.78, 5) is 106. The first kappa shape index (κ1) is 95.5. The highest BCUT2D eigenvalue weighted by atomic mass is 16.5. The number of hydrogen-bond acceptors (Lipinski definition) is 14. The van der Waals surface area contributed by atoms with Gasteiger partial charge in [-0.15, -0.1) is 6.58 Å². The van der Waals surface area contributed by atoms with Crippen molar-refractivity contribution in [1.29, 1.82) is 0 Å². The number of aryl methyl sites for hydroxylation is 1. The molecule has 10 aromatic rings. The molecule has 3 aliphatic rings. The van der Waals surface area contributed by atoms with Crippen molar-refractivity contribution >= 4 is 80.9 Å². The van der Waals surface area contributed by atoms with Gasteiger partial charge in [-0.1, -0.05) is 248 Å². The molecule has 13 rings (SSSR count). The standard InChI is InChI=1S/C36H42N6O3.C35H42N4O3.C32H40N6O3/c37-36(38)39-20-9-16-32-35(44)42(24-33(28-13-5-2-6-14-28)45-25-26-10-3-1-4-11-26)21-19-31(41-32)23-40-34(43)30-18-17-27-12-7-8-15-29(27)22-30;1-26-15-17-28(18-16-26)19-20-34(41)37-24-31-21-23-39(35(42)33(38-31)14-9-22-36-27(2)40)25-32(29-10-5-3-6-11-29)30-12-7-4-8-13-30;1-2-19-41-29(24-10-4-3-5-11-24)22-38-18-16-27(37-28(31(38)40)13-8-17-35-32(33)34)21-36-30(39)26-15-14-23-9-6-7-12-25(23)20-26/h1-8,10-15,17-18,22,31-33,41H,9,16,19-21,23-25H2,(H,40,43)(H4,37,38,39);3-8,10-13,15-20,31-33,38H,9,14,21-25H2,1-2H3,(H,36,40)(H,37,41);2-7,9-12,14-15,20,27-29,37H,1,8,13,16-19,21-22H2,(H,36,39)(H4,33,34,35)/b;20-19+;/t31-,32-,33?;31-,33-;27-,28-,29?/m000/s1. The van der Waals surface area contributed by atoms with Crippen molar-refractivity contribution < 1.29 is 43.0 Å². The van der Waals surface area contributed by atoms with Crippen LogP contribution in [0.3, 0.4) is 0 Å². The van der Waals surface area contributed by atoms with Gasteiger partial charge in [0.05, 0.1) is 44.4 Å². The molecule has 128 heavy (non-hydrogen) atoms. The summed E-state index contributed by atoms with van der Waals surface area (Å²) in [6.07, 6.45) is 10.2. The first-order valence-electron chi connectivity index (χ1n) is 44.4. The zero-order chi connectivity index (χ0) is 90.2. The Morgan fingerprint density at radius 2 is 0.852 bits per heavy atom. The maximum atomic E-state index is 14.0. The molecule has 0 bridgehead atoms. The smallest absolute Gasteiger partial charge is 0.251 e. The fraction of sp³-hybridized carbons (Fsp3) is 0.330. The summed E-state index contributed by atoms with van der Waals surface area (Å²) in [5.74, 6) is -0.354. The number of aliphatic imine (C=N–C) groups is 2. The minimum atomic E-state index is -0.449. The average Bonchev–Trinajstić information content (AvgIpc) is 1.64. The zero-order valence-electron chi connectivity index (χ0n) is 73.4. The molecule has 3 aliphatic heterocycles. The number of fused-ring (bicyclic) bond motifs is 2. The van der Waals surface area contributed by atoms with Gasteiger partial charge in [0.25, 0.3) is 11.8 Å². The summed E-state index contributed by atoms with van der Waals surface area (Å²) < 4.78 is 12.5. The lowest BCUT2D eigenvalue weighted by Crippen LogP contribution is -2.49. The van der Waals surface area contributed by atoms with Crippen LogP contribution in [0.1, 0.15) is 142 Å². The Kier molecular flexibility index (Phi) is 37.9. The summed E-state index contributed by atoms with van der Waals surface area (Å²) >= 11 is 0. The Balaban J connectivity index is 0.000000186. The zero-order valence-corrected chi connectivity index (χ0v) is 73.4. The van der Waals surface area contributed by atoms with E-state index in [1.54, 1.807) is 18.2 Å². The number of amides is 7. The second kappa shape index (κ2) is 50.8. The molecule has 10 aromatic carbocycles. The SMILES string of the molecule is C=CCOC(CN1CC[C@@H](CNC(=O)c2ccc3ccccc3c2)N[C@@H](CCCN=C(N)N)C1=O)c1ccccc1.CC(=O)NCCC[C@@H]1N[C@H](CNC(=O)/C=C/c2ccc(C)cc2)CCN(CC(c2ccccc2)c2ccccc2)C1=O.NC(N)=NCCC[C@@H]1N[C@H](CNC(=O)c2ccc3ccccc3c2)CCN(CC(OCc2ccccc2)c2ccccc2)C1=O. The maximum Gasteiger partial charge on any atom is 0.251 e. The van der Waals surface area contributed by atoms with Gasteiger partial charge in [-0.2, -0.15) is 0 Å². The Morgan fingerprint density at radius 3 is 1.28 bits per heavy atom. The number of carbonyl (C=O) groups excluding carboxylic acids is 7. The molecule has 7 amide bonds. The fourth-order valence-electron chi connectivity index (χ4n) is 16.1. The van der Waals surface area contributed by atoms with Crippen molar-refractivity contribution in [3.8, 4) is 0 Å². The summed E-state index contributed by atoms with van der Waals surface area (Å²) in [5, 5.41) is 26.8. The number of guanidine groups is 2. The van der Waals surface area contributed by atoms with E-state index in [2.05, 4.69) is 78.0 Å². The van der Waals surface area contributed by atoms with Gasteiger partial charge in [0.1, 0.15) is 12.2 Å². The lowest BCUT2D eigenvalue weighted by Gasteiger charge is -2.29. The molecule has 3 fully saturated rings. The molecule has 670 valence electrons. The Bertz CT molecular complexity index is 5240. The van der Waals surface area contributed by atoms with E-state index in [1.807, 2.05) is 258 Å². The van der Waals surface area contributed by atoms with E-state index >= 15 is 0 Å². The molecule has 0 aliphatic carbocycles. The Labute approximate surface area is 752 Å². The molecule has 25 heteroatoms. The predicted octanol–water partition coefficient (Wildman–Crippen LogP) is 11.7. The number of benzene rings is 10. The Morgan fingerprint density at radius 1 is 0.461 bits per heavy atom. The molecule has 0 spiro atoms. The third-order valence-electron chi connectivity index (χ3n) is 23.0. The maximum absolute atomic E-state index is 14.0. The Hall–Kier alpha value is -13.2. The van der Waals surface area contributed by atoms with Crippen LogP contribution in [0.4, 0.5) is 0 Å². The minimum absolute atomic E-state index is 0.00110. The van der Waals surface area contributed by atoms with E-state index in [0.29, 0.717) is 161 Å². The number of nitrogens with one attached hydrogen (secondary N) is 7. The van der Waals surface area contributed by atoms with Crippen molar-refractivity contribution in [1.82, 2.24) is 51.9 Å². The predicted molar refractivity (Wildman–Crippen MR) is 510 cm³/mol. The lowest BCUT2D eigenvalue weighted by molar-refractivity contribution is -0.135. The number of ether oxygens (including phenoxy) is 2. The molecular weight excluding hydrogens is 1610 g/mol. The van der Waals surface area contributed by atoms with E-state index in [4.69, 9.17) is 32.4 Å². The van der Waals surface area contributed by atoms with Crippen molar-refractivity contribution in [2.24, 2.45) is 32.9 Å². The number of rotatable bonds is 38. The number of nitrogens with zero attached hydrogens (tertiary/aromatic N) is 5. The average molecular weight is 1730 g/mol. The van der Waals surface area contributed by atoms with E-state index in [0.717, 1.165) is 43.8 Å².